The molecule has 2 rings (SSSR count). The zero-order valence-corrected chi connectivity index (χ0v) is 13.3. The predicted octanol–water partition coefficient (Wildman–Crippen LogP) is 5.77. The Morgan fingerprint density at radius 3 is 1.72 bits per heavy atom. The molecule has 0 nitrogen and oxygen atoms in total. The number of rotatable bonds is 2. The van der Waals surface area contributed by atoms with Gasteiger partial charge in [-0.3, -0.25) is 0 Å². The number of hydrogen-bond donors (Lipinski definition) is 0. The van der Waals surface area contributed by atoms with Gasteiger partial charge in [-0.1, -0.05) is 60.3 Å². The lowest BCUT2D eigenvalue weighted by molar-refractivity contribution is 0.0479. The molecule has 106 valence electrons. The maximum absolute atomic E-state index is 2.53. The summed E-state index contributed by atoms with van der Waals surface area (Å²) >= 11 is 0. The molecule has 0 aliphatic heterocycles. The van der Waals surface area contributed by atoms with Crippen molar-refractivity contribution < 1.29 is 0 Å². The van der Waals surface area contributed by atoms with Crippen molar-refractivity contribution in [1.82, 2.24) is 0 Å². The van der Waals surface area contributed by atoms with E-state index in [1.807, 2.05) is 0 Å². The maximum atomic E-state index is 2.53. The second-order valence-corrected chi connectivity index (χ2v) is 7.93. The van der Waals surface area contributed by atoms with Crippen LogP contribution in [0, 0.1) is 41.4 Å². The molecule has 4 atom stereocenters. The predicted molar refractivity (Wildman–Crippen MR) is 80.5 cm³/mol. The first-order chi connectivity index (χ1) is 8.49. The van der Waals surface area contributed by atoms with Crippen molar-refractivity contribution in [1.29, 1.82) is 0 Å². The van der Waals surface area contributed by atoms with Gasteiger partial charge in [0.15, 0.2) is 0 Å². The van der Waals surface area contributed by atoms with Gasteiger partial charge in [0, 0.05) is 0 Å². The van der Waals surface area contributed by atoms with Crippen LogP contribution in [0.15, 0.2) is 0 Å². The van der Waals surface area contributed by atoms with E-state index in [0.717, 1.165) is 41.4 Å². The highest BCUT2D eigenvalue weighted by Crippen LogP contribution is 2.46. The van der Waals surface area contributed by atoms with E-state index in [1.165, 1.54) is 38.5 Å². The average Bonchev–Trinajstić information content (AvgIpc) is 2.34. The van der Waals surface area contributed by atoms with Gasteiger partial charge in [-0.05, 0) is 54.3 Å². The molecular formula is C18H34. The van der Waals surface area contributed by atoms with Crippen LogP contribution >= 0.6 is 0 Å². The SMILES string of the molecule is CC1CCC(CC2C(C)C(C)CC(C)C2C)CC1. The van der Waals surface area contributed by atoms with Crippen molar-refractivity contribution >= 4 is 0 Å². The summed E-state index contributed by atoms with van der Waals surface area (Å²) < 4.78 is 0. The third-order valence-corrected chi connectivity index (χ3v) is 6.63. The van der Waals surface area contributed by atoms with Gasteiger partial charge in [-0.25, -0.2) is 0 Å². The average molecular weight is 250 g/mol. The Labute approximate surface area is 115 Å². The van der Waals surface area contributed by atoms with Crippen LogP contribution in [0.4, 0.5) is 0 Å². The molecule has 0 bridgehead atoms. The molecule has 2 aliphatic carbocycles. The van der Waals surface area contributed by atoms with E-state index in [2.05, 4.69) is 34.6 Å². The fourth-order valence-corrected chi connectivity index (χ4v) is 4.72. The lowest BCUT2D eigenvalue weighted by Gasteiger charge is -2.45. The molecule has 2 saturated carbocycles. The maximum Gasteiger partial charge on any atom is -0.0355 e. The largest absolute Gasteiger partial charge is 0.0625 e. The van der Waals surface area contributed by atoms with E-state index in [1.54, 1.807) is 0 Å². The van der Waals surface area contributed by atoms with Gasteiger partial charge < -0.3 is 0 Å². The van der Waals surface area contributed by atoms with Crippen molar-refractivity contribution in [3.63, 3.8) is 0 Å². The summed E-state index contributed by atoms with van der Waals surface area (Å²) in [7, 11) is 0. The summed E-state index contributed by atoms with van der Waals surface area (Å²) in [6.07, 6.45) is 9.00. The molecule has 0 aromatic rings. The molecular weight excluding hydrogens is 216 g/mol. The minimum absolute atomic E-state index is 0.948. The van der Waals surface area contributed by atoms with Crippen molar-refractivity contribution in [2.24, 2.45) is 41.4 Å². The first-order valence-corrected chi connectivity index (χ1v) is 8.49. The smallest absolute Gasteiger partial charge is 0.0355 e. The molecule has 2 aliphatic rings. The van der Waals surface area contributed by atoms with E-state index in [4.69, 9.17) is 0 Å². The first-order valence-electron chi connectivity index (χ1n) is 8.49. The molecule has 0 N–H and O–H groups in total. The fraction of sp³-hybridized carbons (Fsp3) is 1.00. The summed E-state index contributed by atoms with van der Waals surface area (Å²) in [5.74, 6) is 6.86. The van der Waals surface area contributed by atoms with Gasteiger partial charge in [0.05, 0.1) is 0 Å². The number of hydrogen-bond acceptors (Lipinski definition) is 0. The molecule has 0 saturated heterocycles. The van der Waals surface area contributed by atoms with E-state index in [-0.39, 0.29) is 0 Å². The highest BCUT2D eigenvalue weighted by atomic mass is 14.4. The molecule has 0 amide bonds. The third-order valence-electron chi connectivity index (χ3n) is 6.63. The Hall–Kier alpha value is 0. The van der Waals surface area contributed by atoms with Crippen LogP contribution in [0.3, 0.4) is 0 Å². The lowest BCUT2D eigenvalue weighted by Crippen LogP contribution is -2.37. The zero-order valence-electron chi connectivity index (χ0n) is 13.3. The second-order valence-electron chi connectivity index (χ2n) is 7.93. The minimum Gasteiger partial charge on any atom is -0.0625 e. The Balaban J connectivity index is 1.93. The molecule has 0 aromatic carbocycles. The topological polar surface area (TPSA) is 0 Å². The van der Waals surface area contributed by atoms with Crippen LogP contribution in [-0.2, 0) is 0 Å². The monoisotopic (exact) mass is 250 g/mol. The van der Waals surface area contributed by atoms with Gasteiger partial charge in [0.1, 0.15) is 0 Å². The third kappa shape index (κ3) is 3.11. The highest BCUT2D eigenvalue weighted by molar-refractivity contribution is 4.87. The molecule has 18 heavy (non-hydrogen) atoms. The van der Waals surface area contributed by atoms with Crippen molar-refractivity contribution in [2.75, 3.05) is 0 Å². The molecule has 0 aromatic heterocycles. The van der Waals surface area contributed by atoms with Gasteiger partial charge in [-0.2, -0.15) is 0 Å². The van der Waals surface area contributed by atoms with E-state index in [9.17, 15) is 0 Å². The molecule has 0 heteroatoms. The van der Waals surface area contributed by atoms with Crippen molar-refractivity contribution in [3.05, 3.63) is 0 Å². The Bertz CT molecular complexity index is 235. The first kappa shape index (κ1) is 14.4. The molecule has 0 radical (unpaired) electrons. The van der Waals surface area contributed by atoms with Gasteiger partial charge in [0.25, 0.3) is 0 Å². The minimum atomic E-state index is 0.948. The quantitative estimate of drug-likeness (QED) is 0.584. The summed E-state index contributed by atoms with van der Waals surface area (Å²) in [5, 5.41) is 0. The molecule has 2 fully saturated rings. The summed E-state index contributed by atoms with van der Waals surface area (Å²) in [6, 6.07) is 0. The normalized spacial score (nSPS) is 50.2. The summed E-state index contributed by atoms with van der Waals surface area (Å²) in [6.45, 7) is 12.5. The lowest BCUT2D eigenvalue weighted by atomic mass is 9.61. The van der Waals surface area contributed by atoms with Crippen molar-refractivity contribution in [2.45, 2.75) is 73.1 Å². The van der Waals surface area contributed by atoms with Crippen LogP contribution in [0.25, 0.3) is 0 Å². The van der Waals surface area contributed by atoms with E-state index >= 15 is 0 Å². The van der Waals surface area contributed by atoms with Gasteiger partial charge in [-0.15, -0.1) is 0 Å². The summed E-state index contributed by atoms with van der Waals surface area (Å²) in [4.78, 5) is 0. The standard InChI is InChI=1S/C18H34/c1-12-6-8-17(9-7-12)11-18-15(4)13(2)10-14(3)16(18)5/h12-18H,6-11H2,1-5H3. The second kappa shape index (κ2) is 5.97. The Morgan fingerprint density at radius 1 is 0.722 bits per heavy atom. The molecule has 4 unspecified atom stereocenters. The highest BCUT2D eigenvalue weighted by Gasteiger charge is 2.37. The van der Waals surface area contributed by atoms with E-state index < -0.39 is 0 Å². The van der Waals surface area contributed by atoms with Crippen LogP contribution in [-0.4, -0.2) is 0 Å². The van der Waals surface area contributed by atoms with Gasteiger partial charge >= 0.3 is 0 Å². The fourth-order valence-electron chi connectivity index (χ4n) is 4.72. The Kier molecular flexibility index (Phi) is 4.78. The molecule has 0 heterocycles. The zero-order chi connectivity index (χ0) is 13.3. The van der Waals surface area contributed by atoms with Crippen LogP contribution < -0.4 is 0 Å². The molecule has 0 spiro atoms. The van der Waals surface area contributed by atoms with Gasteiger partial charge in [0.2, 0.25) is 0 Å². The summed E-state index contributed by atoms with van der Waals surface area (Å²) in [5.41, 5.74) is 0. The van der Waals surface area contributed by atoms with Crippen LogP contribution in [0.5, 0.6) is 0 Å². The van der Waals surface area contributed by atoms with Crippen molar-refractivity contribution in [3.8, 4) is 0 Å². The van der Waals surface area contributed by atoms with E-state index in [0.29, 0.717) is 0 Å². The van der Waals surface area contributed by atoms with Crippen LogP contribution in [0.1, 0.15) is 73.1 Å². The Morgan fingerprint density at radius 2 is 1.22 bits per heavy atom. The van der Waals surface area contributed by atoms with Crippen LogP contribution in [0.2, 0.25) is 0 Å².